The van der Waals surface area contributed by atoms with Crippen LogP contribution in [0.2, 0.25) is 0 Å². The van der Waals surface area contributed by atoms with Crippen LogP contribution in [-0.4, -0.2) is 19.1 Å². The quantitative estimate of drug-likeness (QED) is 0.827. The van der Waals surface area contributed by atoms with E-state index in [4.69, 9.17) is 10.00 Å². The number of carbonyl (C=O) groups excluding carboxylic acids is 1. The lowest BCUT2D eigenvalue weighted by molar-refractivity contribution is -0.123. The number of nitrogens with one attached hydrogen (secondary N) is 1. The van der Waals surface area contributed by atoms with Crippen LogP contribution in [0.5, 0.6) is 5.75 Å². The van der Waals surface area contributed by atoms with Crippen LogP contribution in [0.4, 0.5) is 0 Å². The van der Waals surface area contributed by atoms with Crippen LogP contribution in [0.3, 0.4) is 0 Å². The van der Waals surface area contributed by atoms with E-state index in [9.17, 15) is 4.79 Å². The molecule has 0 radical (unpaired) electrons. The van der Waals surface area contributed by atoms with Gasteiger partial charge in [0.2, 0.25) is 0 Å². The molecule has 0 aromatic heterocycles. The summed E-state index contributed by atoms with van der Waals surface area (Å²) in [5.74, 6) is 1.25. The summed E-state index contributed by atoms with van der Waals surface area (Å²) in [5, 5.41) is 11.4. The summed E-state index contributed by atoms with van der Waals surface area (Å²) in [6.45, 7) is 0.813. The Kier molecular flexibility index (Phi) is 4.19. The van der Waals surface area contributed by atoms with E-state index in [1.807, 2.05) is 12.1 Å². The normalized spacial score (nSPS) is 13.7. The van der Waals surface area contributed by atoms with Crippen LogP contribution in [0.25, 0.3) is 0 Å². The van der Waals surface area contributed by atoms with E-state index >= 15 is 0 Å². The van der Waals surface area contributed by atoms with Crippen molar-refractivity contribution >= 4 is 5.91 Å². The van der Waals surface area contributed by atoms with Crippen molar-refractivity contribution in [1.29, 1.82) is 5.26 Å². The molecule has 0 bridgehead atoms. The Morgan fingerprint density at radius 3 is 2.72 bits per heavy atom. The van der Waals surface area contributed by atoms with Crippen molar-refractivity contribution in [3.05, 3.63) is 29.8 Å². The fourth-order valence-electron chi connectivity index (χ4n) is 1.57. The smallest absolute Gasteiger partial charge is 0.257 e. The summed E-state index contributed by atoms with van der Waals surface area (Å²) in [5.41, 5.74) is 0.947. The molecule has 1 N–H and O–H groups in total. The maximum absolute atomic E-state index is 11.4. The van der Waals surface area contributed by atoms with Crippen LogP contribution in [0, 0.1) is 17.2 Å². The Morgan fingerprint density at radius 1 is 1.39 bits per heavy atom. The first kappa shape index (κ1) is 12.4. The van der Waals surface area contributed by atoms with Crippen LogP contribution >= 0.6 is 0 Å². The van der Waals surface area contributed by atoms with Gasteiger partial charge in [0.1, 0.15) is 5.75 Å². The van der Waals surface area contributed by atoms with E-state index in [-0.39, 0.29) is 12.5 Å². The second kappa shape index (κ2) is 6.06. The molecule has 4 heteroatoms. The van der Waals surface area contributed by atoms with Gasteiger partial charge in [-0.15, -0.1) is 0 Å². The first-order valence-electron chi connectivity index (χ1n) is 6.13. The Morgan fingerprint density at radius 2 is 2.11 bits per heavy atom. The molecule has 1 aliphatic carbocycles. The van der Waals surface area contributed by atoms with Gasteiger partial charge in [-0.05, 0) is 36.5 Å². The number of amides is 1. The first-order chi connectivity index (χ1) is 8.78. The van der Waals surface area contributed by atoms with Gasteiger partial charge in [-0.1, -0.05) is 12.1 Å². The molecule has 1 aromatic rings. The van der Waals surface area contributed by atoms with Gasteiger partial charge in [-0.2, -0.15) is 5.26 Å². The zero-order valence-electron chi connectivity index (χ0n) is 10.2. The number of hydrogen-bond donors (Lipinski definition) is 1. The third-order valence-corrected chi connectivity index (χ3v) is 2.86. The number of carbonyl (C=O) groups is 1. The minimum atomic E-state index is -0.0806. The van der Waals surface area contributed by atoms with Crippen molar-refractivity contribution in [2.45, 2.75) is 19.3 Å². The average molecular weight is 244 g/mol. The van der Waals surface area contributed by atoms with Gasteiger partial charge in [0.25, 0.3) is 5.91 Å². The summed E-state index contributed by atoms with van der Waals surface area (Å²) in [6.07, 6.45) is 2.84. The van der Waals surface area contributed by atoms with Crippen LogP contribution < -0.4 is 10.1 Å². The highest BCUT2D eigenvalue weighted by atomic mass is 16.5. The van der Waals surface area contributed by atoms with Crippen molar-refractivity contribution in [3.8, 4) is 11.8 Å². The van der Waals surface area contributed by atoms with Crippen LogP contribution in [0.15, 0.2) is 24.3 Å². The van der Waals surface area contributed by atoms with E-state index in [1.165, 1.54) is 12.8 Å². The predicted octanol–water partition coefficient (Wildman–Crippen LogP) is 1.66. The Balaban J connectivity index is 1.71. The zero-order chi connectivity index (χ0) is 12.8. The molecule has 0 spiro atoms. The maximum atomic E-state index is 11.4. The summed E-state index contributed by atoms with van der Waals surface area (Å²) >= 11 is 0. The fourth-order valence-corrected chi connectivity index (χ4v) is 1.57. The van der Waals surface area contributed by atoms with Gasteiger partial charge in [-0.25, -0.2) is 0 Å². The maximum Gasteiger partial charge on any atom is 0.257 e. The summed E-state index contributed by atoms with van der Waals surface area (Å²) < 4.78 is 5.36. The molecule has 0 saturated heterocycles. The predicted molar refractivity (Wildman–Crippen MR) is 67.0 cm³/mol. The Labute approximate surface area is 107 Å². The minimum absolute atomic E-state index is 0.0459. The molecule has 4 nitrogen and oxygen atoms in total. The third kappa shape index (κ3) is 4.10. The van der Waals surface area contributed by atoms with Gasteiger partial charge in [-0.3, -0.25) is 4.79 Å². The lowest BCUT2D eigenvalue weighted by Crippen LogP contribution is -2.30. The molecule has 1 saturated carbocycles. The topological polar surface area (TPSA) is 62.1 Å². The lowest BCUT2D eigenvalue weighted by Gasteiger charge is -2.07. The van der Waals surface area contributed by atoms with E-state index in [2.05, 4.69) is 11.4 Å². The van der Waals surface area contributed by atoms with Gasteiger partial charge >= 0.3 is 0 Å². The fraction of sp³-hybridized carbons (Fsp3) is 0.429. The number of ether oxygens (including phenoxy) is 1. The molecule has 1 aromatic carbocycles. The molecule has 0 heterocycles. The van der Waals surface area contributed by atoms with E-state index in [1.54, 1.807) is 12.1 Å². The zero-order valence-corrected chi connectivity index (χ0v) is 10.2. The SMILES string of the molecule is N#CCc1ccc(OCC(=O)NCC2CC2)cc1. The number of rotatable bonds is 6. The highest BCUT2D eigenvalue weighted by Gasteiger charge is 2.21. The summed E-state index contributed by atoms with van der Waals surface area (Å²) in [4.78, 5) is 11.4. The molecule has 0 atom stereocenters. The van der Waals surface area contributed by atoms with Gasteiger partial charge in [0, 0.05) is 6.54 Å². The number of hydrogen-bond acceptors (Lipinski definition) is 3. The van der Waals surface area contributed by atoms with Gasteiger partial charge in [0.05, 0.1) is 12.5 Å². The molecular formula is C14H16N2O2. The standard InChI is InChI=1S/C14H16N2O2/c15-8-7-11-3-5-13(6-4-11)18-10-14(17)16-9-12-1-2-12/h3-6,12H,1-2,7,9-10H2,(H,16,17). The van der Waals surface area contributed by atoms with Gasteiger partial charge in [0.15, 0.2) is 6.61 Å². The number of nitrogens with zero attached hydrogens (tertiary/aromatic N) is 1. The molecule has 1 aliphatic rings. The lowest BCUT2D eigenvalue weighted by atomic mass is 10.2. The average Bonchev–Trinajstić information content (AvgIpc) is 3.20. The molecule has 0 aliphatic heterocycles. The van der Waals surface area contributed by atoms with Crippen LogP contribution in [0.1, 0.15) is 18.4 Å². The molecule has 94 valence electrons. The first-order valence-corrected chi connectivity index (χ1v) is 6.13. The van der Waals surface area contributed by atoms with E-state index in [0.717, 1.165) is 12.1 Å². The van der Waals surface area contributed by atoms with E-state index in [0.29, 0.717) is 18.1 Å². The Hall–Kier alpha value is -2.02. The molecule has 1 fully saturated rings. The van der Waals surface area contributed by atoms with Crippen molar-refractivity contribution in [2.75, 3.05) is 13.2 Å². The van der Waals surface area contributed by atoms with E-state index < -0.39 is 0 Å². The second-order valence-corrected chi connectivity index (χ2v) is 4.51. The van der Waals surface area contributed by atoms with Crippen molar-refractivity contribution < 1.29 is 9.53 Å². The third-order valence-electron chi connectivity index (χ3n) is 2.86. The second-order valence-electron chi connectivity index (χ2n) is 4.51. The van der Waals surface area contributed by atoms with Crippen LogP contribution in [-0.2, 0) is 11.2 Å². The summed E-state index contributed by atoms with van der Waals surface area (Å²) in [6, 6.07) is 9.31. The number of benzene rings is 1. The largest absolute Gasteiger partial charge is 0.484 e. The number of nitriles is 1. The summed E-state index contributed by atoms with van der Waals surface area (Å²) in [7, 11) is 0. The monoisotopic (exact) mass is 244 g/mol. The Bertz CT molecular complexity index is 444. The molecule has 18 heavy (non-hydrogen) atoms. The molecular weight excluding hydrogens is 228 g/mol. The minimum Gasteiger partial charge on any atom is -0.484 e. The molecule has 2 rings (SSSR count). The van der Waals surface area contributed by atoms with Crippen molar-refractivity contribution in [2.24, 2.45) is 5.92 Å². The highest BCUT2D eigenvalue weighted by molar-refractivity contribution is 5.77. The van der Waals surface area contributed by atoms with Crippen molar-refractivity contribution in [3.63, 3.8) is 0 Å². The van der Waals surface area contributed by atoms with Crippen molar-refractivity contribution in [1.82, 2.24) is 5.32 Å². The molecule has 0 unspecified atom stereocenters. The molecule has 1 amide bonds. The highest BCUT2D eigenvalue weighted by Crippen LogP contribution is 2.27. The van der Waals surface area contributed by atoms with Gasteiger partial charge < -0.3 is 10.1 Å².